The summed E-state index contributed by atoms with van der Waals surface area (Å²) in [7, 11) is -2.60. The van der Waals surface area contributed by atoms with Crippen molar-refractivity contribution in [2.45, 2.75) is 12.5 Å². The van der Waals surface area contributed by atoms with E-state index in [4.69, 9.17) is 11.6 Å². The van der Waals surface area contributed by atoms with Crippen LogP contribution in [-0.2, 0) is 0 Å². The van der Waals surface area contributed by atoms with Crippen LogP contribution in [0.25, 0.3) is 27.8 Å². The van der Waals surface area contributed by atoms with Crippen molar-refractivity contribution in [3.05, 3.63) is 83.4 Å². The second-order valence-corrected chi connectivity index (χ2v) is 10.9. The zero-order valence-corrected chi connectivity index (χ0v) is 19.0. The van der Waals surface area contributed by atoms with E-state index in [-0.39, 0.29) is 23.5 Å². The molecule has 1 atom stereocenters. The number of halogens is 2. The Morgan fingerprint density at radius 2 is 1.94 bits per heavy atom. The highest BCUT2D eigenvalue weighted by atomic mass is 35.5. The minimum absolute atomic E-state index is 0.178. The molecule has 0 spiro atoms. The fourth-order valence-electron chi connectivity index (χ4n) is 4.14. The van der Waals surface area contributed by atoms with Gasteiger partial charge < -0.3 is 9.88 Å². The zero-order valence-electron chi connectivity index (χ0n) is 17.4. The van der Waals surface area contributed by atoms with E-state index in [1.807, 2.05) is 16.8 Å². The number of amides is 1. The van der Waals surface area contributed by atoms with Crippen molar-refractivity contribution >= 4 is 39.0 Å². The number of fused-ring (bicyclic) bond motifs is 1. The molecule has 1 unspecified atom stereocenters. The first-order valence-electron chi connectivity index (χ1n) is 10.4. The molecule has 9 heteroatoms. The van der Waals surface area contributed by atoms with Crippen LogP contribution in [0.5, 0.6) is 0 Å². The highest BCUT2D eigenvalue weighted by Crippen LogP contribution is 2.45. The lowest BCUT2D eigenvalue weighted by Gasteiger charge is -2.26. The van der Waals surface area contributed by atoms with Crippen molar-refractivity contribution in [2.24, 2.45) is 0 Å². The van der Waals surface area contributed by atoms with E-state index in [2.05, 4.69) is 10.3 Å². The van der Waals surface area contributed by atoms with Crippen molar-refractivity contribution in [3.63, 3.8) is 0 Å². The van der Waals surface area contributed by atoms with Gasteiger partial charge in [0.25, 0.3) is 5.91 Å². The van der Waals surface area contributed by atoms with E-state index in [0.29, 0.717) is 28.5 Å². The zero-order chi connectivity index (χ0) is 23.2. The second-order valence-electron chi connectivity index (χ2n) is 8.11. The maximum absolute atomic E-state index is 13.5. The van der Waals surface area contributed by atoms with Crippen molar-refractivity contribution in [1.82, 2.24) is 14.9 Å². The Morgan fingerprint density at radius 3 is 2.64 bits per heavy atom. The van der Waals surface area contributed by atoms with Gasteiger partial charge in [-0.15, -0.1) is 0 Å². The van der Waals surface area contributed by atoms with Gasteiger partial charge >= 0.3 is 0 Å². The van der Waals surface area contributed by atoms with Crippen LogP contribution in [0, 0.1) is 5.82 Å². The largest absolute Gasteiger partial charge is 0.348 e. The van der Waals surface area contributed by atoms with Crippen molar-refractivity contribution in [1.29, 1.82) is 0 Å². The van der Waals surface area contributed by atoms with E-state index in [1.165, 1.54) is 12.1 Å². The maximum atomic E-state index is 13.5. The van der Waals surface area contributed by atoms with Gasteiger partial charge in [-0.05, 0) is 55.0 Å². The SMILES string of the molecule is O=C(NC1CCS(O)(O)C1)c1ccc2c(-c3cc(Cl)ccn3)cn(-c3ccc(F)cc3)c2c1. The predicted molar refractivity (Wildman–Crippen MR) is 130 cm³/mol. The molecule has 3 N–H and O–H groups in total. The number of nitrogens with zero attached hydrogens (tertiary/aromatic N) is 2. The van der Waals surface area contributed by atoms with Gasteiger partial charge in [0, 0.05) is 51.4 Å². The smallest absolute Gasteiger partial charge is 0.251 e. The standard InChI is InChI=1S/C24H21ClFN3O3S/c25-16-7-9-27-22(12-16)21-13-29(19-4-2-17(26)3-5-19)23-11-15(1-6-20(21)23)24(30)28-18-8-10-33(31,32)14-18/h1-7,9,11-13,18,31-32H,8,10,14H2,(H,28,30). The number of carbonyl (C=O) groups excluding carboxylic acids is 1. The van der Waals surface area contributed by atoms with Gasteiger partial charge in [-0.2, -0.15) is 10.6 Å². The summed E-state index contributed by atoms with van der Waals surface area (Å²) in [5.41, 5.74) is 3.44. The summed E-state index contributed by atoms with van der Waals surface area (Å²) in [4.78, 5) is 17.4. The number of hydrogen-bond acceptors (Lipinski definition) is 4. The number of hydrogen-bond donors (Lipinski definition) is 3. The van der Waals surface area contributed by atoms with Gasteiger partial charge in [0.1, 0.15) is 5.82 Å². The molecule has 33 heavy (non-hydrogen) atoms. The first kappa shape index (κ1) is 21.9. The first-order chi connectivity index (χ1) is 15.8. The summed E-state index contributed by atoms with van der Waals surface area (Å²) >= 11 is 6.18. The topological polar surface area (TPSA) is 87.4 Å². The second kappa shape index (κ2) is 8.46. The third-order valence-electron chi connectivity index (χ3n) is 5.77. The predicted octanol–water partition coefficient (Wildman–Crippen LogP) is 5.74. The van der Waals surface area contributed by atoms with Crippen molar-refractivity contribution in [2.75, 3.05) is 11.5 Å². The van der Waals surface area contributed by atoms with Gasteiger partial charge in [0.2, 0.25) is 0 Å². The number of benzene rings is 2. The van der Waals surface area contributed by atoms with E-state index in [1.54, 1.807) is 42.6 Å². The van der Waals surface area contributed by atoms with Gasteiger partial charge in [0.05, 0.1) is 17.0 Å². The summed E-state index contributed by atoms with van der Waals surface area (Å²) in [6.45, 7) is 0. The van der Waals surface area contributed by atoms with Crippen LogP contribution in [0.3, 0.4) is 0 Å². The lowest BCUT2D eigenvalue weighted by atomic mass is 10.1. The number of aromatic nitrogens is 2. The van der Waals surface area contributed by atoms with Crippen LogP contribution >= 0.6 is 22.2 Å². The Bertz CT molecular complexity index is 1360. The molecule has 0 aliphatic carbocycles. The molecular formula is C24H21ClFN3O3S. The van der Waals surface area contributed by atoms with E-state index in [0.717, 1.165) is 22.2 Å². The van der Waals surface area contributed by atoms with Crippen LogP contribution in [0.4, 0.5) is 4.39 Å². The Labute approximate surface area is 196 Å². The Hall–Kier alpha value is -2.91. The van der Waals surface area contributed by atoms with Gasteiger partial charge in [-0.25, -0.2) is 4.39 Å². The van der Waals surface area contributed by atoms with Crippen LogP contribution in [0.1, 0.15) is 16.8 Å². The van der Waals surface area contributed by atoms with Crippen LogP contribution < -0.4 is 5.32 Å². The number of carbonyl (C=O) groups is 1. The summed E-state index contributed by atoms with van der Waals surface area (Å²) in [6, 6.07) is 14.7. The Kier molecular flexibility index (Phi) is 5.62. The molecule has 2 aromatic carbocycles. The summed E-state index contributed by atoms with van der Waals surface area (Å²) in [6.07, 6.45) is 4.06. The Balaban J connectivity index is 1.58. The van der Waals surface area contributed by atoms with Gasteiger partial charge in [-0.1, -0.05) is 17.7 Å². The normalized spacial score (nSPS) is 18.4. The number of nitrogens with one attached hydrogen (secondary N) is 1. The summed E-state index contributed by atoms with van der Waals surface area (Å²) in [5, 5.41) is 4.32. The van der Waals surface area contributed by atoms with E-state index in [9.17, 15) is 18.3 Å². The van der Waals surface area contributed by atoms with Gasteiger partial charge in [0.15, 0.2) is 0 Å². The molecule has 2 aromatic heterocycles. The third-order valence-corrected chi connectivity index (χ3v) is 7.83. The molecule has 0 saturated carbocycles. The van der Waals surface area contributed by atoms with Crippen molar-refractivity contribution in [3.8, 4) is 16.9 Å². The lowest BCUT2D eigenvalue weighted by molar-refractivity contribution is 0.0941. The molecule has 1 amide bonds. The highest BCUT2D eigenvalue weighted by Gasteiger charge is 2.29. The molecule has 1 aliphatic heterocycles. The minimum atomic E-state index is -2.60. The Morgan fingerprint density at radius 1 is 1.15 bits per heavy atom. The summed E-state index contributed by atoms with van der Waals surface area (Å²) < 4.78 is 35.1. The van der Waals surface area contributed by atoms with Crippen LogP contribution in [-0.4, -0.2) is 42.1 Å². The molecular weight excluding hydrogens is 465 g/mol. The molecule has 170 valence electrons. The fourth-order valence-corrected chi connectivity index (χ4v) is 6.02. The molecule has 3 heterocycles. The highest BCUT2D eigenvalue weighted by molar-refractivity contribution is 8.24. The average molecular weight is 486 g/mol. The van der Waals surface area contributed by atoms with Crippen LogP contribution in [0.2, 0.25) is 5.02 Å². The monoisotopic (exact) mass is 485 g/mol. The quantitative estimate of drug-likeness (QED) is 0.344. The maximum Gasteiger partial charge on any atom is 0.251 e. The first-order valence-corrected chi connectivity index (χ1v) is 12.6. The minimum Gasteiger partial charge on any atom is -0.348 e. The van der Waals surface area contributed by atoms with Crippen molar-refractivity contribution < 1.29 is 18.3 Å². The van der Waals surface area contributed by atoms with E-state index >= 15 is 0 Å². The van der Waals surface area contributed by atoms with E-state index < -0.39 is 10.6 Å². The van der Waals surface area contributed by atoms with Crippen LogP contribution in [0.15, 0.2) is 67.0 Å². The van der Waals surface area contributed by atoms with Gasteiger partial charge in [-0.3, -0.25) is 18.9 Å². The number of pyridine rings is 1. The fraction of sp³-hybridized carbons (Fsp3) is 0.167. The summed E-state index contributed by atoms with van der Waals surface area (Å²) in [5.74, 6) is -0.138. The molecule has 6 nitrogen and oxygen atoms in total. The molecule has 4 aromatic rings. The molecule has 5 rings (SSSR count). The average Bonchev–Trinajstić information content (AvgIpc) is 3.33. The molecule has 0 radical (unpaired) electrons. The molecule has 0 bridgehead atoms. The lowest BCUT2D eigenvalue weighted by Crippen LogP contribution is -2.35. The molecule has 1 aliphatic rings. The third kappa shape index (κ3) is 4.47. The molecule has 1 fully saturated rings. The molecule has 1 saturated heterocycles. The number of rotatable bonds is 4.